The summed E-state index contributed by atoms with van der Waals surface area (Å²) in [5.41, 5.74) is 9.42. The van der Waals surface area contributed by atoms with Crippen molar-refractivity contribution in [3.8, 4) is 11.3 Å². The third-order valence-corrected chi connectivity index (χ3v) is 6.90. The summed E-state index contributed by atoms with van der Waals surface area (Å²) in [7, 11) is 0. The summed E-state index contributed by atoms with van der Waals surface area (Å²) in [5, 5.41) is 0. The van der Waals surface area contributed by atoms with E-state index in [1.807, 2.05) is 24.3 Å². The van der Waals surface area contributed by atoms with Gasteiger partial charge in [0.2, 0.25) is 0 Å². The highest BCUT2D eigenvalue weighted by Crippen LogP contribution is 2.46. The molecule has 4 aromatic carbocycles. The molecule has 0 saturated carbocycles. The molecule has 0 amide bonds. The van der Waals surface area contributed by atoms with Crippen LogP contribution in [0.5, 0.6) is 0 Å². The van der Waals surface area contributed by atoms with Crippen LogP contribution in [0.2, 0.25) is 0 Å². The van der Waals surface area contributed by atoms with Gasteiger partial charge in [0.1, 0.15) is 16.9 Å². The number of benzene rings is 4. The highest BCUT2D eigenvalue weighted by atomic mass is 16.3. The summed E-state index contributed by atoms with van der Waals surface area (Å²) in [6, 6.07) is 44.5. The van der Waals surface area contributed by atoms with Crippen LogP contribution in [0.3, 0.4) is 0 Å². The van der Waals surface area contributed by atoms with Crippen LogP contribution in [-0.2, 0) is 5.41 Å². The van der Waals surface area contributed by atoms with Crippen molar-refractivity contribution < 1.29 is 4.42 Å². The van der Waals surface area contributed by atoms with Crippen LogP contribution in [0.25, 0.3) is 16.9 Å². The van der Waals surface area contributed by atoms with E-state index >= 15 is 0 Å². The molecule has 0 bridgehead atoms. The zero-order valence-corrected chi connectivity index (χ0v) is 20.4. The van der Waals surface area contributed by atoms with Crippen molar-refractivity contribution in [2.24, 2.45) is 0 Å². The second kappa shape index (κ2) is 10.0. The van der Waals surface area contributed by atoms with Gasteiger partial charge in [-0.25, -0.2) is 0 Å². The fourth-order valence-corrected chi connectivity index (χ4v) is 5.23. The first kappa shape index (κ1) is 22.6. The molecule has 5 aromatic rings. The van der Waals surface area contributed by atoms with Gasteiger partial charge in [0, 0.05) is 16.7 Å². The van der Waals surface area contributed by atoms with Crippen LogP contribution in [-0.4, -0.2) is 0 Å². The van der Waals surface area contributed by atoms with E-state index in [9.17, 15) is 0 Å². The molecule has 0 spiro atoms. The van der Waals surface area contributed by atoms with Gasteiger partial charge >= 0.3 is 0 Å². The minimum Gasteiger partial charge on any atom is -0.459 e. The number of rotatable bonds is 6. The summed E-state index contributed by atoms with van der Waals surface area (Å²) in [6.07, 6.45) is 10.1. The summed E-state index contributed by atoms with van der Waals surface area (Å²) in [4.78, 5) is 0. The highest BCUT2D eigenvalue weighted by molar-refractivity contribution is 5.84. The van der Waals surface area contributed by atoms with Crippen molar-refractivity contribution in [3.05, 3.63) is 192 Å². The molecule has 1 aliphatic carbocycles. The van der Waals surface area contributed by atoms with E-state index in [1.54, 1.807) is 0 Å². The summed E-state index contributed by atoms with van der Waals surface area (Å²) < 4.78 is 6.87. The van der Waals surface area contributed by atoms with Crippen LogP contribution in [0.15, 0.2) is 168 Å². The minimum absolute atomic E-state index is 0.609. The van der Waals surface area contributed by atoms with Crippen molar-refractivity contribution in [2.45, 2.75) is 5.41 Å². The monoisotopic (exact) mass is 474 g/mol. The molecule has 0 saturated heterocycles. The topological polar surface area (TPSA) is 13.1 Å². The number of hydrogen-bond donors (Lipinski definition) is 0. The predicted octanol–water partition coefficient (Wildman–Crippen LogP) is 8.99. The Bertz CT molecular complexity index is 1530. The lowest BCUT2D eigenvalue weighted by atomic mass is 9.68. The molecule has 37 heavy (non-hydrogen) atoms. The van der Waals surface area contributed by atoms with Crippen molar-refractivity contribution in [1.29, 1.82) is 0 Å². The highest BCUT2D eigenvalue weighted by Gasteiger charge is 2.41. The molecular formula is C36H26O. The number of furan rings is 1. The molecule has 6 rings (SSSR count). The van der Waals surface area contributed by atoms with Crippen molar-refractivity contribution in [1.82, 2.24) is 0 Å². The van der Waals surface area contributed by atoms with Gasteiger partial charge in [-0.2, -0.15) is 0 Å². The third-order valence-electron chi connectivity index (χ3n) is 6.90. The Balaban J connectivity index is 1.60. The average Bonchev–Trinajstić information content (AvgIpc) is 3.30. The molecule has 1 heteroatoms. The number of allylic oxidation sites excluding steroid dienone is 5. The molecule has 0 radical (unpaired) electrons. The largest absolute Gasteiger partial charge is 0.459 e. The normalized spacial score (nSPS) is 12.8. The average molecular weight is 475 g/mol. The van der Waals surface area contributed by atoms with E-state index in [2.05, 4.69) is 139 Å². The quantitative estimate of drug-likeness (QED) is 0.177. The first-order valence-electron chi connectivity index (χ1n) is 12.5. The predicted molar refractivity (Wildman–Crippen MR) is 152 cm³/mol. The Kier molecular flexibility index (Phi) is 6.13. The molecule has 0 N–H and O–H groups in total. The van der Waals surface area contributed by atoms with Gasteiger partial charge in [0.05, 0.1) is 0 Å². The van der Waals surface area contributed by atoms with Gasteiger partial charge in [-0.15, -0.1) is 5.73 Å². The molecule has 1 aromatic heterocycles. The second-order valence-corrected chi connectivity index (χ2v) is 9.03. The fraction of sp³-hybridized carbons (Fsp3) is 0.0278. The van der Waals surface area contributed by atoms with Crippen LogP contribution >= 0.6 is 0 Å². The first-order chi connectivity index (χ1) is 18.4. The summed E-state index contributed by atoms with van der Waals surface area (Å²) in [5.74, 6) is 1.71. The van der Waals surface area contributed by atoms with E-state index in [0.717, 1.165) is 44.9 Å². The van der Waals surface area contributed by atoms with Crippen LogP contribution in [0.1, 0.15) is 28.0 Å². The van der Waals surface area contributed by atoms with Crippen LogP contribution in [0, 0.1) is 0 Å². The first-order valence-corrected chi connectivity index (χ1v) is 12.5. The van der Waals surface area contributed by atoms with Gasteiger partial charge in [0.25, 0.3) is 0 Å². The Morgan fingerprint density at radius 2 is 1.03 bits per heavy atom. The molecule has 0 atom stereocenters. The van der Waals surface area contributed by atoms with E-state index in [-0.39, 0.29) is 0 Å². The van der Waals surface area contributed by atoms with Gasteiger partial charge in [-0.05, 0) is 41.0 Å². The van der Waals surface area contributed by atoms with E-state index < -0.39 is 5.41 Å². The van der Waals surface area contributed by atoms with E-state index in [4.69, 9.17) is 4.42 Å². The van der Waals surface area contributed by atoms with Crippen molar-refractivity contribution in [2.75, 3.05) is 0 Å². The lowest BCUT2D eigenvalue weighted by Gasteiger charge is -2.34. The molecular weight excluding hydrogens is 448 g/mol. The zero-order valence-electron chi connectivity index (χ0n) is 20.4. The molecule has 1 heterocycles. The molecule has 0 aliphatic heterocycles. The molecule has 0 fully saturated rings. The third kappa shape index (κ3) is 4.12. The maximum atomic E-state index is 6.87. The van der Waals surface area contributed by atoms with Crippen molar-refractivity contribution in [3.63, 3.8) is 0 Å². The summed E-state index contributed by atoms with van der Waals surface area (Å²) in [6.45, 7) is 0. The van der Waals surface area contributed by atoms with Gasteiger partial charge in [-0.3, -0.25) is 0 Å². The summed E-state index contributed by atoms with van der Waals surface area (Å²) >= 11 is 0. The van der Waals surface area contributed by atoms with E-state index in [1.165, 1.54) is 0 Å². The zero-order chi connectivity index (χ0) is 24.9. The van der Waals surface area contributed by atoms with Crippen molar-refractivity contribution >= 4 is 5.57 Å². The molecule has 176 valence electrons. The Morgan fingerprint density at radius 3 is 1.62 bits per heavy atom. The van der Waals surface area contributed by atoms with Crippen LogP contribution < -0.4 is 0 Å². The Morgan fingerprint density at radius 1 is 0.486 bits per heavy atom. The van der Waals surface area contributed by atoms with Gasteiger partial charge in [-0.1, -0.05) is 133 Å². The Hall–Kier alpha value is -4.84. The SMILES string of the molecule is C1=CC=CC=CC=1c1ccccc1-c1ccc(C(c2ccccc2)(c2ccccc2)c2ccccc2)o1. The van der Waals surface area contributed by atoms with E-state index in [0.29, 0.717) is 0 Å². The second-order valence-electron chi connectivity index (χ2n) is 9.03. The molecule has 1 nitrogen and oxygen atoms in total. The fourth-order valence-electron chi connectivity index (χ4n) is 5.23. The molecule has 1 aliphatic rings. The smallest absolute Gasteiger partial charge is 0.135 e. The molecule has 0 unspecified atom stereocenters. The standard InChI is InChI=1S/C36H26O/c1-2-7-17-28(16-6-1)32-24-14-15-25-33(32)34-26-27-35(37-34)36(29-18-8-3-9-19-29,30-20-10-4-11-21-30)31-22-12-5-13-23-31/h1-16,18-27H. The lowest BCUT2D eigenvalue weighted by molar-refractivity contribution is 0.472. The van der Waals surface area contributed by atoms with Gasteiger partial charge < -0.3 is 4.42 Å². The number of hydrogen-bond acceptors (Lipinski definition) is 1. The maximum Gasteiger partial charge on any atom is 0.135 e. The van der Waals surface area contributed by atoms with Crippen LogP contribution in [0.4, 0.5) is 0 Å². The Labute approximate surface area is 218 Å². The maximum absolute atomic E-state index is 6.87. The lowest BCUT2D eigenvalue weighted by Crippen LogP contribution is -2.30. The van der Waals surface area contributed by atoms with Gasteiger partial charge in [0.15, 0.2) is 0 Å². The minimum atomic E-state index is -0.609.